The molecule has 6 rings (SSSR count). The average molecular weight is 692 g/mol. The largest absolute Gasteiger partial charge is 0.480 e. The normalized spacial score (nSPS) is 17.3. The van der Waals surface area contributed by atoms with E-state index in [1.807, 2.05) is 36.4 Å². The molecule has 12 nitrogen and oxygen atoms in total. The van der Waals surface area contributed by atoms with Crippen molar-refractivity contribution in [2.45, 2.75) is 38.4 Å². The predicted molar refractivity (Wildman–Crippen MR) is 183 cm³/mol. The molecule has 2 aromatic heterocycles. The lowest BCUT2D eigenvalue weighted by molar-refractivity contribution is -0.122. The van der Waals surface area contributed by atoms with Gasteiger partial charge in [0.2, 0.25) is 23.6 Å². The summed E-state index contributed by atoms with van der Waals surface area (Å²) in [4.78, 5) is 42.0. The maximum Gasteiger partial charge on any atom is 0.237 e. The first-order chi connectivity index (χ1) is 23.4. The summed E-state index contributed by atoms with van der Waals surface area (Å²) < 4.78 is 11.1. The topological polar surface area (TPSA) is 152 Å². The minimum absolute atomic E-state index is 0.0512. The Hall–Kier alpha value is -4.36. The molecule has 0 aliphatic carbocycles. The van der Waals surface area contributed by atoms with E-state index >= 15 is 0 Å². The van der Waals surface area contributed by atoms with Crippen LogP contribution in [-0.2, 0) is 22.7 Å². The molecule has 250 valence electrons. The van der Waals surface area contributed by atoms with Crippen LogP contribution in [0.4, 0.5) is 0 Å². The van der Waals surface area contributed by atoms with E-state index < -0.39 is 0 Å². The SMILES string of the molecule is COc1nc(-c2cccc(-c3cccc(-c4cnc(CNC[C@@H]5CCC(=O)N5)c(OC)n4)c3Cl)c2Cl)cnc1CNCC1CCNC1=O. The van der Waals surface area contributed by atoms with Crippen LogP contribution in [0.5, 0.6) is 11.8 Å². The van der Waals surface area contributed by atoms with E-state index in [-0.39, 0.29) is 23.8 Å². The zero-order chi connectivity index (χ0) is 33.6. The number of rotatable bonds is 13. The second kappa shape index (κ2) is 15.2. The molecular formula is C34H36Cl2N8O4. The number of nitrogens with zero attached hydrogens (tertiary/aromatic N) is 4. The fourth-order valence-electron chi connectivity index (χ4n) is 5.90. The Bertz CT molecular complexity index is 1820. The highest BCUT2D eigenvalue weighted by Crippen LogP contribution is 2.42. The number of hydrogen-bond donors (Lipinski definition) is 4. The van der Waals surface area contributed by atoms with Gasteiger partial charge in [0.15, 0.2) is 0 Å². The Balaban J connectivity index is 1.21. The monoisotopic (exact) mass is 690 g/mol. The molecule has 2 amide bonds. The fourth-order valence-corrected chi connectivity index (χ4v) is 6.55. The number of benzene rings is 2. The number of carbonyl (C=O) groups is 2. The van der Waals surface area contributed by atoms with Gasteiger partial charge in [0.05, 0.1) is 54.0 Å². The lowest BCUT2D eigenvalue weighted by Crippen LogP contribution is -2.35. The molecule has 4 N–H and O–H groups in total. The third-order valence-corrected chi connectivity index (χ3v) is 9.28. The van der Waals surface area contributed by atoms with Crippen molar-refractivity contribution in [2.75, 3.05) is 33.9 Å². The molecular weight excluding hydrogens is 655 g/mol. The Labute approximate surface area is 288 Å². The highest BCUT2D eigenvalue weighted by molar-refractivity contribution is 6.39. The zero-order valence-corrected chi connectivity index (χ0v) is 28.1. The average Bonchev–Trinajstić information content (AvgIpc) is 3.72. The van der Waals surface area contributed by atoms with Crippen LogP contribution in [0.15, 0.2) is 48.8 Å². The summed E-state index contributed by atoms with van der Waals surface area (Å²) in [7, 11) is 3.10. The Kier molecular flexibility index (Phi) is 10.7. The zero-order valence-electron chi connectivity index (χ0n) is 26.6. The maximum absolute atomic E-state index is 11.9. The van der Waals surface area contributed by atoms with Gasteiger partial charge in [-0.1, -0.05) is 59.6 Å². The Morgan fingerprint density at radius 1 is 0.792 bits per heavy atom. The Morgan fingerprint density at radius 3 is 1.81 bits per heavy atom. The van der Waals surface area contributed by atoms with Crippen molar-refractivity contribution in [2.24, 2.45) is 5.92 Å². The molecule has 0 bridgehead atoms. The predicted octanol–water partition coefficient (Wildman–Crippen LogP) is 4.19. The van der Waals surface area contributed by atoms with Crippen molar-refractivity contribution < 1.29 is 19.1 Å². The Morgan fingerprint density at radius 2 is 1.33 bits per heavy atom. The molecule has 2 fully saturated rings. The molecule has 4 aromatic rings. The first-order valence-corrected chi connectivity index (χ1v) is 16.5. The number of hydrogen-bond acceptors (Lipinski definition) is 10. The van der Waals surface area contributed by atoms with Gasteiger partial charge < -0.3 is 30.7 Å². The van der Waals surface area contributed by atoms with E-state index in [1.54, 1.807) is 26.6 Å². The van der Waals surface area contributed by atoms with Crippen LogP contribution in [0.3, 0.4) is 0 Å². The summed E-state index contributed by atoms with van der Waals surface area (Å²) in [5.41, 5.74) is 5.12. The molecule has 4 heterocycles. The molecule has 2 atom stereocenters. The molecule has 2 aliphatic heterocycles. The van der Waals surface area contributed by atoms with Crippen LogP contribution in [-0.4, -0.2) is 71.6 Å². The summed E-state index contributed by atoms with van der Waals surface area (Å²) in [6.07, 6.45) is 5.50. The highest BCUT2D eigenvalue weighted by Gasteiger charge is 2.24. The summed E-state index contributed by atoms with van der Waals surface area (Å²) in [6.45, 7) is 2.73. The van der Waals surface area contributed by atoms with E-state index in [0.29, 0.717) is 106 Å². The van der Waals surface area contributed by atoms with Crippen LogP contribution >= 0.6 is 23.2 Å². The molecule has 1 unspecified atom stereocenters. The third kappa shape index (κ3) is 7.36. The van der Waals surface area contributed by atoms with Gasteiger partial charge in [0.1, 0.15) is 11.4 Å². The van der Waals surface area contributed by atoms with E-state index in [2.05, 4.69) is 31.2 Å². The van der Waals surface area contributed by atoms with Crippen molar-refractivity contribution in [3.63, 3.8) is 0 Å². The van der Waals surface area contributed by atoms with Crippen molar-refractivity contribution in [1.82, 2.24) is 41.2 Å². The van der Waals surface area contributed by atoms with Crippen molar-refractivity contribution in [3.8, 4) is 45.4 Å². The quantitative estimate of drug-likeness (QED) is 0.161. The third-order valence-electron chi connectivity index (χ3n) is 8.46. The number of aromatic nitrogens is 4. The molecule has 0 spiro atoms. The van der Waals surface area contributed by atoms with E-state index in [1.165, 1.54) is 0 Å². The van der Waals surface area contributed by atoms with Gasteiger partial charge in [-0.05, 0) is 12.8 Å². The molecule has 48 heavy (non-hydrogen) atoms. The van der Waals surface area contributed by atoms with Crippen LogP contribution in [0, 0.1) is 5.92 Å². The standard InChI is InChI=1S/C34H36Cl2N8O4/c1-47-33-27(15-37-13-19-11-12-39-32(19)46)40-17-25(43-33)23-7-3-5-21(30(23)35)22-6-4-8-24(31(22)36)26-18-41-28(34(44-26)48-2)16-38-14-20-9-10-29(45)42-20/h3-8,17-20,37-38H,9-16H2,1-2H3,(H,39,46)(H,42,45)/t19?,20-/m0/s1. The molecule has 2 aliphatic rings. The van der Waals surface area contributed by atoms with Crippen LogP contribution in [0.25, 0.3) is 33.6 Å². The molecule has 0 radical (unpaired) electrons. The minimum atomic E-state index is -0.0512. The number of amides is 2. The van der Waals surface area contributed by atoms with Crippen LogP contribution in [0.2, 0.25) is 10.0 Å². The van der Waals surface area contributed by atoms with E-state index in [0.717, 1.165) is 12.8 Å². The highest BCUT2D eigenvalue weighted by atomic mass is 35.5. The van der Waals surface area contributed by atoms with E-state index in [9.17, 15) is 9.59 Å². The number of carbonyl (C=O) groups excluding carboxylic acids is 2. The summed E-state index contributed by atoms with van der Waals surface area (Å²) >= 11 is 14.1. The van der Waals surface area contributed by atoms with Gasteiger partial charge in [-0.15, -0.1) is 0 Å². The van der Waals surface area contributed by atoms with Crippen LogP contribution < -0.4 is 30.7 Å². The minimum Gasteiger partial charge on any atom is -0.480 e. The van der Waals surface area contributed by atoms with Crippen LogP contribution in [0.1, 0.15) is 30.7 Å². The van der Waals surface area contributed by atoms with Crippen molar-refractivity contribution >= 4 is 35.0 Å². The number of methoxy groups -OCH3 is 2. The second-order valence-electron chi connectivity index (χ2n) is 11.6. The molecule has 0 saturated carbocycles. The van der Waals surface area contributed by atoms with Gasteiger partial charge in [-0.25, -0.2) is 9.97 Å². The second-order valence-corrected chi connectivity index (χ2v) is 12.4. The van der Waals surface area contributed by atoms with Crippen molar-refractivity contribution in [1.29, 1.82) is 0 Å². The first kappa shape index (κ1) is 33.5. The first-order valence-electron chi connectivity index (χ1n) is 15.7. The number of halogens is 2. The summed E-state index contributed by atoms with van der Waals surface area (Å²) in [6, 6.07) is 11.4. The smallest absolute Gasteiger partial charge is 0.237 e. The van der Waals surface area contributed by atoms with Gasteiger partial charge in [0, 0.05) is 67.4 Å². The summed E-state index contributed by atoms with van der Waals surface area (Å²) in [5.74, 6) is 0.847. The lowest BCUT2D eigenvalue weighted by Gasteiger charge is -2.15. The maximum atomic E-state index is 11.9. The fraction of sp³-hybridized carbons (Fsp3) is 0.353. The van der Waals surface area contributed by atoms with E-state index in [4.69, 9.17) is 42.6 Å². The number of ether oxygens (including phenoxy) is 2. The number of nitrogens with one attached hydrogen (secondary N) is 4. The lowest BCUT2D eigenvalue weighted by atomic mass is 9.98. The summed E-state index contributed by atoms with van der Waals surface area (Å²) in [5, 5.41) is 13.3. The van der Waals surface area contributed by atoms with Crippen molar-refractivity contribution in [3.05, 3.63) is 70.2 Å². The molecule has 2 saturated heterocycles. The van der Waals surface area contributed by atoms with Gasteiger partial charge in [-0.2, -0.15) is 0 Å². The van der Waals surface area contributed by atoms with Gasteiger partial charge in [0.25, 0.3) is 0 Å². The molecule has 2 aromatic carbocycles. The van der Waals surface area contributed by atoms with Gasteiger partial charge in [-0.3, -0.25) is 19.6 Å². The molecule has 14 heteroatoms. The van der Waals surface area contributed by atoms with Gasteiger partial charge >= 0.3 is 0 Å².